The van der Waals surface area contributed by atoms with Crippen LogP contribution in [-0.2, 0) is 9.53 Å². The lowest BCUT2D eigenvalue weighted by Gasteiger charge is -2.17. The molecule has 1 unspecified atom stereocenters. The molecule has 31 heavy (non-hydrogen) atoms. The molecule has 0 fully saturated rings. The van der Waals surface area contributed by atoms with Gasteiger partial charge in [0.2, 0.25) is 0 Å². The van der Waals surface area contributed by atoms with Gasteiger partial charge in [-0.05, 0) is 49.1 Å². The number of aliphatic imine (C=N–C) groups is 2. The number of ether oxygens (including phenoxy) is 1. The number of halogens is 1. The molecule has 164 valence electrons. The summed E-state index contributed by atoms with van der Waals surface area (Å²) in [5, 5.41) is 12.7. The third-order valence-corrected chi connectivity index (χ3v) is 5.55. The number of carbonyl (C=O) groups is 1. The van der Waals surface area contributed by atoms with Gasteiger partial charge in [0.1, 0.15) is 11.9 Å². The van der Waals surface area contributed by atoms with Crippen molar-refractivity contribution in [1.29, 1.82) is 0 Å². The number of aliphatic hydroxyl groups is 1. The maximum Gasteiger partial charge on any atom is 0.305 e. The Morgan fingerprint density at radius 3 is 2.90 bits per heavy atom. The van der Waals surface area contributed by atoms with Gasteiger partial charge in [-0.25, -0.2) is 0 Å². The second kappa shape index (κ2) is 11.2. The molecular formula is C23H27BrN4O3. The number of fused-ring (bicyclic) bond motifs is 1. The molecule has 0 saturated carbocycles. The van der Waals surface area contributed by atoms with Crippen molar-refractivity contribution in [2.45, 2.75) is 32.2 Å². The van der Waals surface area contributed by atoms with Crippen molar-refractivity contribution in [2.75, 3.05) is 25.6 Å². The highest BCUT2D eigenvalue weighted by Gasteiger charge is 2.26. The molecule has 0 aliphatic carbocycles. The number of benzodiazepines with no additional fused rings is 1. The number of esters is 1. The summed E-state index contributed by atoms with van der Waals surface area (Å²) in [4.78, 5) is 26.2. The Labute approximate surface area is 190 Å². The molecule has 1 aliphatic rings. The number of aliphatic hydroxyl groups excluding tert-OH is 1. The molecule has 8 heteroatoms. The van der Waals surface area contributed by atoms with Gasteiger partial charge in [-0.15, -0.1) is 0 Å². The fourth-order valence-electron chi connectivity index (χ4n) is 3.30. The minimum Gasteiger partial charge on any atom is -0.469 e. The third-order valence-electron chi connectivity index (χ3n) is 5.05. The zero-order chi connectivity index (χ0) is 22.2. The Kier molecular flexibility index (Phi) is 8.31. The average Bonchev–Trinajstić information content (AvgIpc) is 2.93. The molecule has 0 saturated heterocycles. The Hall–Kier alpha value is -2.58. The minimum atomic E-state index is -0.358. The summed E-state index contributed by atoms with van der Waals surface area (Å²) in [6.07, 6.45) is 3.10. The van der Waals surface area contributed by atoms with Crippen LogP contribution in [0, 0.1) is 5.92 Å². The monoisotopic (exact) mass is 486 g/mol. The number of aromatic nitrogens is 1. The third kappa shape index (κ3) is 6.21. The molecule has 0 bridgehead atoms. The summed E-state index contributed by atoms with van der Waals surface area (Å²) < 4.78 is 5.76. The molecule has 1 aliphatic heterocycles. The predicted octanol–water partition coefficient (Wildman–Crippen LogP) is 3.85. The number of nitrogens with zero attached hydrogens (tertiary/aromatic N) is 3. The Morgan fingerprint density at radius 2 is 2.19 bits per heavy atom. The van der Waals surface area contributed by atoms with E-state index in [-0.39, 0.29) is 31.0 Å². The van der Waals surface area contributed by atoms with Crippen LogP contribution in [0.15, 0.2) is 57.1 Å². The van der Waals surface area contributed by atoms with Crippen molar-refractivity contribution in [3.05, 3.63) is 58.3 Å². The normalized spacial score (nSPS) is 17.9. The number of anilines is 1. The van der Waals surface area contributed by atoms with Gasteiger partial charge in [-0.3, -0.25) is 19.8 Å². The first-order valence-corrected chi connectivity index (χ1v) is 11.1. The van der Waals surface area contributed by atoms with Crippen LogP contribution >= 0.6 is 15.9 Å². The number of benzene rings is 1. The highest BCUT2D eigenvalue weighted by Crippen LogP contribution is 2.28. The smallest absolute Gasteiger partial charge is 0.305 e. The lowest BCUT2D eigenvalue weighted by Crippen LogP contribution is -2.28. The first-order valence-electron chi connectivity index (χ1n) is 10.3. The van der Waals surface area contributed by atoms with Gasteiger partial charge < -0.3 is 15.2 Å². The van der Waals surface area contributed by atoms with Crippen LogP contribution in [0.1, 0.15) is 37.4 Å². The van der Waals surface area contributed by atoms with Crippen molar-refractivity contribution in [1.82, 2.24) is 4.98 Å². The first-order chi connectivity index (χ1) is 15.0. The minimum absolute atomic E-state index is 0.129. The van der Waals surface area contributed by atoms with Crippen molar-refractivity contribution in [2.24, 2.45) is 15.9 Å². The lowest BCUT2D eigenvalue weighted by atomic mass is 10.0. The quantitative estimate of drug-likeness (QED) is 0.552. The van der Waals surface area contributed by atoms with Crippen LogP contribution in [0.25, 0.3) is 0 Å². The lowest BCUT2D eigenvalue weighted by molar-refractivity contribution is -0.140. The molecule has 1 aromatic carbocycles. The van der Waals surface area contributed by atoms with Crippen molar-refractivity contribution < 1.29 is 14.6 Å². The molecule has 2 N–H and O–H groups in total. The van der Waals surface area contributed by atoms with Gasteiger partial charge in [0.15, 0.2) is 0 Å². The fourth-order valence-corrected chi connectivity index (χ4v) is 3.67. The summed E-state index contributed by atoms with van der Waals surface area (Å²) in [6, 6.07) is 11.3. The van der Waals surface area contributed by atoms with E-state index in [1.165, 1.54) is 7.11 Å². The van der Waals surface area contributed by atoms with E-state index in [4.69, 9.17) is 14.7 Å². The van der Waals surface area contributed by atoms with Crippen LogP contribution in [0.2, 0.25) is 0 Å². The topological polar surface area (TPSA) is 96.2 Å². The van der Waals surface area contributed by atoms with E-state index in [9.17, 15) is 9.90 Å². The summed E-state index contributed by atoms with van der Waals surface area (Å²) in [5.74, 6) is 0.641. The number of carbonyl (C=O) groups excluding carboxylic acids is 1. The van der Waals surface area contributed by atoms with Crippen molar-refractivity contribution in [3.8, 4) is 0 Å². The molecule has 2 atom stereocenters. The van der Waals surface area contributed by atoms with Crippen LogP contribution in [-0.4, -0.2) is 53.9 Å². The summed E-state index contributed by atoms with van der Waals surface area (Å²) in [5.41, 5.74) is 3.28. The Bertz CT molecular complexity index is 963. The molecule has 7 nitrogen and oxygen atoms in total. The summed E-state index contributed by atoms with van der Waals surface area (Å²) in [7, 11) is 1.38. The van der Waals surface area contributed by atoms with E-state index in [2.05, 4.69) is 26.2 Å². The average molecular weight is 487 g/mol. The second-order valence-electron chi connectivity index (χ2n) is 7.48. The van der Waals surface area contributed by atoms with E-state index in [0.717, 1.165) is 27.1 Å². The number of amidine groups is 1. The second-order valence-corrected chi connectivity index (χ2v) is 8.40. The fraction of sp³-hybridized carbons (Fsp3) is 0.391. The van der Waals surface area contributed by atoms with E-state index >= 15 is 0 Å². The highest BCUT2D eigenvalue weighted by molar-refractivity contribution is 9.10. The predicted molar refractivity (Wildman–Crippen MR) is 126 cm³/mol. The van der Waals surface area contributed by atoms with Gasteiger partial charge in [-0.2, -0.15) is 0 Å². The maximum absolute atomic E-state index is 11.8. The van der Waals surface area contributed by atoms with Gasteiger partial charge in [0, 0.05) is 41.5 Å². The molecule has 0 radical (unpaired) electrons. The molecule has 2 aromatic rings. The number of hydrogen-bond acceptors (Lipinski definition) is 6. The number of pyridine rings is 1. The van der Waals surface area contributed by atoms with Gasteiger partial charge in [0.05, 0.1) is 18.5 Å². The maximum atomic E-state index is 11.8. The van der Waals surface area contributed by atoms with Gasteiger partial charge in [-0.1, -0.05) is 28.9 Å². The van der Waals surface area contributed by atoms with Crippen LogP contribution in [0.4, 0.5) is 5.69 Å². The van der Waals surface area contributed by atoms with Gasteiger partial charge in [0.25, 0.3) is 0 Å². The standard InChI is InChI=1S/C23H27BrN4O3/c1-15(10-12-29)14-26-23-20(8-9-21(30)31-2)27-22(19-5-3-4-11-25-19)17-13-16(24)6-7-18(17)28-23/h3-7,11,13,15,20,29H,8-10,12,14H2,1-2H3,(H,26,28)/t15?,20-/m0/s1. The molecule has 3 rings (SSSR count). The Morgan fingerprint density at radius 1 is 1.35 bits per heavy atom. The summed E-state index contributed by atoms with van der Waals surface area (Å²) >= 11 is 3.55. The largest absolute Gasteiger partial charge is 0.469 e. The highest BCUT2D eigenvalue weighted by atomic mass is 79.9. The molecule has 0 amide bonds. The van der Waals surface area contributed by atoms with Crippen molar-refractivity contribution >= 4 is 39.1 Å². The zero-order valence-electron chi connectivity index (χ0n) is 17.7. The van der Waals surface area contributed by atoms with E-state index in [0.29, 0.717) is 25.2 Å². The molecule has 0 spiro atoms. The first kappa shape index (κ1) is 23.1. The summed E-state index contributed by atoms with van der Waals surface area (Å²) in [6.45, 7) is 2.73. The molecule has 2 heterocycles. The number of methoxy groups -OCH3 is 1. The number of rotatable bonds is 8. The van der Waals surface area contributed by atoms with Crippen LogP contribution in [0.5, 0.6) is 0 Å². The van der Waals surface area contributed by atoms with Crippen LogP contribution in [0.3, 0.4) is 0 Å². The Balaban J connectivity index is 2.06. The van der Waals surface area contributed by atoms with Gasteiger partial charge >= 0.3 is 5.97 Å². The zero-order valence-corrected chi connectivity index (χ0v) is 19.3. The SMILES string of the molecule is COC(=O)CC[C@@H]1N=C(c2ccccn2)c2cc(Br)ccc2NC1=NCC(C)CCO. The molecule has 1 aromatic heterocycles. The van der Waals surface area contributed by atoms with Crippen LogP contribution < -0.4 is 5.32 Å². The van der Waals surface area contributed by atoms with E-state index in [1.807, 2.05) is 43.3 Å². The van der Waals surface area contributed by atoms with Crippen molar-refractivity contribution in [3.63, 3.8) is 0 Å². The van der Waals surface area contributed by atoms with E-state index < -0.39 is 0 Å². The molecular weight excluding hydrogens is 460 g/mol. The number of hydrogen-bond donors (Lipinski definition) is 2. The van der Waals surface area contributed by atoms with E-state index in [1.54, 1.807) is 6.20 Å². The number of nitrogens with one attached hydrogen (secondary N) is 1.